The van der Waals surface area contributed by atoms with Gasteiger partial charge in [0.05, 0.1) is 10.6 Å². The molecule has 9 heteroatoms. The number of carbonyl (C=O) groups is 1. The van der Waals surface area contributed by atoms with E-state index in [0.717, 1.165) is 10.0 Å². The maximum Gasteiger partial charge on any atom is 0.242 e. The molecule has 5 nitrogen and oxygen atoms in total. The zero-order valence-electron chi connectivity index (χ0n) is 14.0. The number of halogens is 3. The minimum Gasteiger partial charge on any atom is -0.323 e. The van der Waals surface area contributed by atoms with Gasteiger partial charge in [0.15, 0.2) is 0 Å². The highest BCUT2D eigenvalue weighted by Gasteiger charge is 2.25. The number of nitrogens with one attached hydrogen (secondary N) is 2. The van der Waals surface area contributed by atoms with Crippen molar-refractivity contribution in [2.75, 3.05) is 5.32 Å². The summed E-state index contributed by atoms with van der Waals surface area (Å²) < 4.78 is 29.0. The van der Waals surface area contributed by atoms with Gasteiger partial charge in [0.1, 0.15) is 6.04 Å². The Balaban J connectivity index is 2.20. The Bertz CT molecular complexity index is 895. The van der Waals surface area contributed by atoms with Crippen molar-refractivity contribution < 1.29 is 13.2 Å². The van der Waals surface area contributed by atoms with Crippen molar-refractivity contribution >= 4 is 65.1 Å². The third-order valence-electron chi connectivity index (χ3n) is 3.65. The Kier molecular flexibility index (Phi) is 7.27. The monoisotopic (exact) mass is 522 g/mol. The lowest BCUT2D eigenvalue weighted by molar-refractivity contribution is -0.117. The third kappa shape index (κ3) is 5.29. The van der Waals surface area contributed by atoms with Crippen molar-refractivity contribution in [1.29, 1.82) is 0 Å². The molecule has 0 saturated heterocycles. The number of benzene rings is 2. The van der Waals surface area contributed by atoms with E-state index in [9.17, 15) is 13.2 Å². The highest BCUT2D eigenvalue weighted by molar-refractivity contribution is 9.11. The number of carbonyl (C=O) groups excluding carboxylic acids is 1. The van der Waals surface area contributed by atoms with Crippen molar-refractivity contribution in [3.8, 4) is 0 Å². The number of aryl methyl sites for hydroxylation is 1. The molecule has 2 rings (SSSR count). The van der Waals surface area contributed by atoms with Crippen LogP contribution < -0.4 is 10.0 Å². The van der Waals surface area contributed by atoms with Gasteiger partial charge in [-0.05, 0) is 71.2 Å². The van der Waals surface area contributed by atoms with Crippen LogP contribution in [0.2, 0.25) is 5.02 Å². The number of hydrogen-bond donors (Lipinski definition) is 2. The van der Waals surface area contributed by atoms with Crippen molar-refractivity contribution in [1.82, 2.24) is 4.72 Å². The molecular formula is C17H17Br2ClN2O3S. The summed E-state index contributed by atoms with van der Waals surface area (Å²) in [5, 5.41) is 3.22. The first-order chi connectivity index (χ1) is 12.1. The van der Waals surface area contributed by atoms with Crippen molar-refractivity contribution in [2.24, 2.45) is 0 Å². The Labute approximate surface area is 174 Å². The van der Waals surface area contributed by atoms with Crippen LogP contribution in [-0.2, 0) is 14.8 Å². The first-order valence-corrected chi connectivity index (χ1v) is 11.1. The predicted molar refractivity (Wildman–Crippen MR) is 111 cm³/mol. The lowest BCUT2D eigenvalue weighted by Gasteiger charge is -2.19. The third-order valence-corrected chi connectivity index (χ3v) is 6.47. The molecule has 0 aliphatic rings. The van der Waals surface area contributed by atoms with Gasteiger partial charge in [-0.15, -0.1) is 0 Å². The first kappa shape index (κ1) is 21.4. The molecule has 1 atom stereocenters. The molecule has 1 unspecified atom stereocenters. The molecule has 0 aliphatic carbocycles. The zero-order valence-corrected chi connectivity index (χ0v) is 18.8. The van der Waals surface area contributed by atoms with Gasteiger partial charge in [-0.2, -0.15) is 4.72 Å². The topological polar surface area (TPSA) is 75.3 Å². The number of amides is 1. The molecule has 140 valence electrons. The fourth-order valence-corrected chi connectivity index (χ4v) is 5.20. The van der Waals surface area contributed by atoms with E-state index in [1.165, 1.54) is 24.3 Å². The molecular weight excluding hydrogens is 508 g/mol. The lowest BCUT2D eigenvalue weighted by atomic mass is 10.1. The van der Waals surface area contributed by atoms with E-state index in [1.54, 1.807) is 13.0 Å². The fraction of sp³-hybridized carbons (Fsp3) is 0.235. The predicted octanol–water partition coefficient (Wildman–Crippen LogP) is 4.87. The quantitative estimate of drug-likeness (QED) is 0.566. The molecule has 2 aromatic rings. The minimum absolute atomic E-state index is 0.0501. The van der Waals surface area contributed by atoms with Crippen LogP contribution in [0.3, 0.4) is 0 Å². The van der Waals surface area contributed by atoms with Gasteiger partial charge in [0.25, 0.3) is 0 Å². The minimum atomic E-state index is -3.84. The lowest BCUT2D eigenvalue weighted by Crippen LogP contribution is -2.43. The van der Waals surface area contributed by atoms with Crippen molar-refractivity contribution in [2.45, 2.75) is 31.2 Å². The van der Waals surface area contributed by atoms with E-state index in [0.29, 0.717) is 21.6 Å². The summed E-state index contributed by atoms with van der Waals surface area (Å²) in [6.07, 6.45) is 0.297. The second-order valence-corrected chi connectivity index (χ2v) is 9.53. The van der Waals surface area contributed by atoms with Crippen molar-refractivity contribution in [3.63, 3.8) is 0 Å². The van der Waals surface area contributed by atoms with Crippen LogP contribution in [0.25, 0.3) is 0 Å². The Morgan fingerprint density at radius 3 is 2.35 bits per heavy atom. The van der Waals surface area contributed by atoms with Gasteiger partial charge in [-0.25, -0.2) is 8.42 Å². The summed E-state index contributed by atoms with van der Waals surface area (Å²) >= 11 is 12.6. The molecule has 0 heterocycles. The van der Waals surface area contributed by atoms with Crippen LogP contribution >= 0.6 is 43.5 Å². The maximum absolute atomic E-state index is 12.6. The Morgan fingerprint density at radius 2 is 1.81 bits per heavy atom. The van der Waals surface area contributed by atoms with Crippen LogP contribution in [0.15, 0.2) is 50.2 Å². The zero-order chi connectivity index (χ0) is 19.5. The standard InChI is InChI=1S/C17H17Br2ClN2O3S/c1-3-15(22-26(24,25)13-6-4-12(20)5-7-13)17(23)21-16-10(2)8-11(18)9-14(16)19/h4-9,15,22H,3H2,1-2H3,(H,21,23). The molecule has 2 aromatic carbocycles. The van der Waals surface area contributed by atoms with Gasteiger partial charge in [-0.1, -0.05) is 34.5 Å². The summed E-state index contributed by atoms with van der Waals surface area (Å²) in [7, 11) is -3.84. The number of anilines is 1. The van der Waals surface area contributed by atoms with E-state index in [4.69, 9.17) is 11.6 Å². The van der Waals surface area contributed by atoms with Gasteiger partial charge < -0.3 is 5.32 Å². The van der Waals surface area contributed by atoms with E-state index < -0.39 is 22.0 Å². The van der Waals surface area contributed by atoms with Crippen LogP contribution in [0.1, 0.15) is 18.9 Å². The molecule has 0 spiro atoms. The SMILES string of the molecule is CCC(NS(=O)(=O)c1ccc(Cl)cc1)C(=O)Nc1c(C)cc(Br)cc1Br. The second kappa shape index (κ2) is 8.84. The average molecular weight is 525 g/mol. The van der Waals surface area contributed by atoms with Gasteiger partial charge in [0.2, 0.25) is 15.9 Å². The number of rotatable bonds is 6. The van der Waals surface area contributed by atoms with Crippen LogP contribution in [0, 0.1) is 6.92 Å². The van der Waals surface area contributed by atoms with E-state index in [-0.39, 0.29) is 4.90 Å². The molecule has 0 aromatic heterocycles. The van der Waals surface area contributed by atoms with E-state index >= 15 is 0 Å². The van der Waals surface area contributed by atoms with Gasteiger partial charge >= 0.3 is 0 Å². The molecule has 1 amide bonds. The first-order valence-electron chi connectivity index (χ1n) is 7.68. The van der Waals surface area contributed by atoms with Gasteiger partial charge in [-0.3, -0.25) is 4.79 Å². The molecule has 26 heavy (non-hydrogen) atoms. The summed E-state index contributed by atoms with van der Waals surface area (Å²) in [6.45, 7) is 3.59. The van der Waals surface area contributed by atoms with Crippen LogP contribution in [-0.4, -0.2) is 20.4 Å². The van der Waals surface area contributed by atoms with Crippen molar-refractivity contribution in [3.05, 3.63) is 55.9 Å². The molecule has 2 N–H and O–H groups in total. The van der Waals surface area contributed by atoms with E-state index in [2.05, 4.69) is 41.9 Å². The Morgan fingerprint density at radius 1 is 1.19 bits per heavy atom. The summed E-state index contributed by atoms with van der Waals surface area (Å²) in [6, 6.07) is 8.51. The fourth-order valence-electron chi connectivity index (χ4n) is 2.26. The van der Waals surface area contributed by atoms with E-state index in [1.807, 2.05) is 13.0 Å². The molecule has 0 aliphatic heterocycles. The molecule has 0 saturated carbocycles. The largest absolute Gasteiger partial charge is 0.323 e. The molecule has 0 fully saturated rings. The molecule has 0 bridgehead atoms. The Hall–Kier alpha value is -0.930. The maximum atomic E-state index is 12.6. The summed E-state index contributed by atoms with van der Waals surface area (Å²) in [5.41, 5.74) is 1.44. The smallest absolute Gasteiger partial charge is 0.242 e. The summed E-state index contributed by atoms with van der Waals surface area (Å²) in [4.78, 5) is 12.7. The number of hydrogen-bond acceptors (Lipinski definition) is 3. The molecule has 0 radical (unpaired) electrons. The van der Waals surface area contributed by atoms with Crippen LogP contribution in [0.5, 0.6) is 0 Å². The summed E-state index contributed by atoms with van der Waals surface area (Å²) in [5.74, 6) is -0.434. The van der Waals surface area contributed by atoms with Gasteiger partial charge in [0, 0.05) is 14.0 Å². The normalized spacial score (nSPS) is 12.7. The highest BCUT2D eigenvalue weighted by Crippen LogP contribution is 2.30. The highest BCUT2D eigenvalue weighted by atomic mass is 79.9. The van der Waals surface area contributed by atoms with Crippen LogP contribution in [0.4, 0.5) is 5.69 Å². The average Bonchev–Trinajstić information content (AvgIpc) is 2.56. The number of sulfonamides is 1. The second-order valence-electron chi connectivity index (χ2n) is 5.60.